The molecule has 0 aliphatic heterocycles. The molecular weight excluding hydrogens is 361 g/mol. The minimum absolute atomic E-state index is 0.122. The summed E-state index contributed by atoms with van der Waals surface area (Å²) >= 11 is 0. The van der Waals surface area contributed by atoms with Crippen LogP contribution in [0.5, 0.6) is 5.75 Å². The van der Waals surface area contributed by atoms with E-state index in [1.54, 1.807) is 19.2 Å². The molecule has 0 radical (unpaired) electrons. The zero-order valence-corrected chi connectivity index (χ0v) is 15.5. The summed E-state index contributed by atoms with van der Waals surface area (Å²) in [6, 6.07) is 5.97. The summed E-state index contributed by atoms with van der Waals surface area (Å²) in [7, 11) is 1.59. The number of aryl methyl sites for hydroxylation is 2. The van der Waals surface area contributed by atoms with E-state index in [1.165, 1.54) is 12.1 Å². The Kier molecular flexibility index (Phi) is 7.09. The summed E-state index contributed by atoms with van der Waals surface area (Å²) in [5.74, 6) is 1.01. The Labute approximate surface area is 155 Å². The third-order valence-electron chi connectivity index (χ3n) is 3.91. The highest BCUT2D eigenvalue weighted by molar-refractivity contribution is 5.79. The normalized spacial score (nSPS) is 12.1. The summed E-state index contributed by atoms with van der Waals surface area (Å²) in [5.41, 5.74) is 2.22. The maximum absolute atomic E-state index is 12.5. The van der Waals surface area contributed by atoms with Crippen LogP contribution in [0.15, 0.2) is 33.8 Å². The lowest BCUT2D eigenvalue weighted by Gasteiger charge is -2.15. The lowest BCUT2D eigenvalue weighted by atomic mass is 10.1. The van der Waals surface area contributed by atoms with E-state index in [9.17, 15) is 13.2 Å². The van der Waals surface area contributed by atoms with E-state index in [0.29, 0.717) is 18.1 Å². The SMILES string of the molecule is CCc1noc(CC)c1CNC(=NC)NCc1ccccc1OC(F)(F)F. The number of rotatable bonds is 7. The zero-order chi connectivity index (χ0) is 19.9. The molecule has 0 amide bonds. The van der Waals surface area contributed by atoms with E-state index in [-0.39, 0.29) is 12.3 Å². The smallest absolute Gasteiger partial charge is 0.405 e. The molecule has 1 aromatic heterocycles. The Morgan fingerprint density at radius 3 is 2.48 bits per heavy atom. The molecular formula is C18H23F3N4O2. The number of nitrogens with one attached hydrogen (secondary N) is 2. The molecule has 2 N–H and O–H groups in total. The highest BCUT2D eigenvalue weighted by Crippen LogP contribution is 2.26. The number of guanidine groups is 1. The number of aliphatic imine (C=N–C) groups is 1. The highest BCUT2D eigenvalue weighted by atomic mass is 19.4. The van der Waals surface area contributed by atoms with Gasteiger partial charge in [-0.25, -0.2) is 0 Å². The van der Waals surface area contributed by atoms with E-state index >= 15 is 0 Å². The lowest BCUT2D eigenvalue weighted by Crippen LogP contribution is -2.36. The van der Waals surface area contributed by atoms with Gasteiger partial charge in [-0.15, -0.1) is 13.2 Å². The second-order valence-electron chi connectivity index (χ2n) is 5.67. The third-order valence-corrected chi connectivity index (χ3v) is 3.91. The van der Waals surface area contributed by atoms with Crippen LogP contribution < -0.4 is 15.4 Å². The number of hydrogen-bond donors (Lipinski definition) is 2. The maximum Gasteiger partial charge on any atom is 0.573 e. The Balaban J connectivity index is 2.00. The van der Waals surface area contributed by atoms with Gasteiger partial charge in [-0.3, -0.25) is 4.99 Å². The lowest BCUT2D eigenvalue weighted by molar-refractivity contribution is -0.274. The summed E-state index contributed by atoms with van der Waals surface area (Å²) in [5, 5.41) is 10.2. The first-order valence-corrected chi connectivity index (χ1v) is 8.62. The molecule has 6 nitrogen and oxygen atoms in total. The van der Waals surface area contributed by atoms with E-state index in [4.69, 9.17) is 4.52 Å². The minimum Gasteiger partial charge on any atom is -0.405 e. The van der Waals surface area contributed by atoms with Gasteiger partial charge >= 0.3 is 6.36 Å². The zero-order valence-electron chi connectivity index (χ0n) is 15.5. The van der Waals surface area contributed by atoms with Gasteiger partial charge in [0.25, 0.3) is 0 Å². The molecule has 2 aromatic rings. The van der Waals surface area contributed by atoms with Crippen molar-refractivity contribution >= 4 is 5.96 Å². The average molecular weight is 384 g/mol. The van der Waals surface area contributed by atoms with Crippen molar-refractivity contribution in [3.8, 4) is 5.75 Å². The van der Waals surface area contributed by atoms with Crippen LogP contribution in [0.3, 0.4) is 0 Å². The van der Waals surface area contributed by atoms with Gasteiger partial charge in [0.15, 0.2) is 5.96 Å². The van der Waals surface area contributed by atoms with E-state index in [1.807, 2.05) is 13.8 Å². The molecule has 0 bridgehead atoms. The van der Waals surface area contributed by atoms with Crippen molar-refractivity contribution in [2.24, 2.45) is 4.99 Å². The van der Waals surface area contributed by atoms with Crippen molar-refractivity contribution in [2.75, 3.05) is 7.05 Å². The van der Waals surface area contributed by atoms with Gasteiger partial charge in [0.1, 0.15) is 11.5 Å². The molecule has 148 valence electrons. The van der Waals surface area contributed by atoms with Gasteiger partial charge in [-0.05, 0) is 12.5 Å². The molecule has 0 saturated heterocycles. The van der Waals surface area contributed by atoms with E-state index in [0.717, 1.165) is 29.9 Å². The van der Waals surface area contributed by atoms with Crippen LogP contribution in [-0.2, 0) is 25.9 Å². The quantitative estimate of drug-likeness (QED) is 0.564. The van der Waals surface area contributed by atoms with E-state index in [2.05, 4.69) is 25.5 Å². The standard InChI is InChI=1S/C18H23F3N4O2/c1-4-14-13(15(5-2)27-25-14)11-24-17(22-3)23-10-12-8-6-7-9-16(12)26-18(19,20)21/h6-9H,4-5,10-11H2,1-3H3,(H2,22,23,24). The van der Waals surface area contributed by atoms with Crippen LogP contribution in [0.2, 0.25) is 0 Å². The molecule has 0 saturated carbocycles. The topological polar surface area (TPSA) is 71.7 Å². The molecule has 2 rings (SSSR count). The van der Waals surface area contributed by atoms with Gasteiger partial charge in [0, 0.05) is 37.7 Å². The monoisotopic (exact) mass is 384 g/mol. The van der Waals surface area contributed by atoms with Gasteiger partial charge in [-0.2, -0.15) is 0 Å². The number of aromatic nitrogens is 1. The number of nitrogens with zero attached hydrogens (tertiary/aromatic N) is 2. The maximum atomic E-state index is 12.5. The Hall–Kier alpha value is -2.71. The van der Waals surface area contributed by atoms with Crippen molar-refractivity contribution in [1.82, 2.24) is 15.8 Å². The molecule has 0 fully saturated rings. The number of hydrogen-bond acceptors (Lipinski definition) is 4. The fourth-order valence-electron chi connectivity index (χ4n) is 2.58. The van der Waals surface area contributed by atoms with Crippen LogP contribution in [0.1, 0.15) is 36.4 Å². The van der Waals surface area contributed by atoms with Crippen molar-refractivity contribution < 1.29 is 22.4 Å². The Bertz CT molecular complexity index is 751. The first-order chi connectivity index (χ1) is 12.9. The number of alkyl halides is 3. The van der Waals surface area contributed by atoms with Gasteiger partial charge in [-0.1, -0.05) is 37.2 Å². The second kappa shape index (κ2) is 9.29. The fraction of sp³-hybridized carbons (Fsp3) is 0.444. The minimum atomic E-state index is -4.74. The summed E-state index contributed by atoms with van der Waals surface area (Å²) < 4.78 is 46.9. The van der Waals surface area contributed by atoms with Crippen molar-refractivity contribution in [1.29, 1.82) is 0 Å². The van der Waals surface area contributed by atoms with Crippen molar-refractivity contribution in [2.45, 2.75) is 46.1 Å². The fourth-order valence-corrected chi connectivity index (χ4v) is 2.58. The molecule has 27 heavy (non-hydrogen) atoms. The number of halogens is 3. The van der Waals surface area contributed by atoms with Crippen LogP contribution in [-0.4, -0.2) is 24.5 Å². The van der Waals surface area contributed by atoms with Crippen LogP contribution >= 0.6 is 0 Å². The molecule has 1 heterocycles. The Morgan fingerprint density at radius 2 is 1.85 bits per heavy atom. The molecule has 0 aliphatic rings. The van der Waals surface area contributed by atoms with Crippen LogP contribution in [0, 0.1) is 0 Å². The predicted octanol–water partition coefficient (Wildman–Crippen LogP) is 3.56. The summed E-state index contributed by atoms with van der Waals surface area (Å²) in [6.45, 7) is 4.55. The summed E-state index contributed by atoms with van der Waals surface area (Å²) in [6.07, 6.45) is -3.27. The molecule has 0 unspecified atom stereocenters. The van der Waals surface area contributed by atoms with Crippen molar-refractivity contribution in [3.63, 3.8) is 0 Å². The first-order valence-electron chi connectivity index (χ1n) is 8.62. The van der Waals surface area contributed by atoms with Gasteiger partial charge in [0.05, 0.1) is 5.69 Å². The van der Waals surface area contributed by atoms with Crippen LogP contribution in [0.4, 0.5) is 13.2 Å². The Morgan fingerprint density at radius 1 is 1.15 bits per heavy atom. The summed E-state index contributed by atoms with van der Waals surface area (Å²) in [4.78, 5) is 4.10. The first kappa shape index (κ1) is 20.6. The molecule has 0 spiro atoms. The average Bonchev–Trinajstić information content (AvgIpc) is 3.03. The van der Waals surface area contributed by atoms with Gasteiger partial charge < -0.3 is 19.9 Å². The van der Waals surface area contributed by atoms with E-state index < -0.39 is 6.36 Å². The molecule has 0 aliphatic carbocycles. The van der Waals surface area contributed by atoms with Gasteiger partial charge in [0.2, 0.25) is 0 Å². The molecule has 9 heteroatoms. The second-order valence-corrected chi connectivity index (χ2v) is 5.67. The largest absolute Gasteiger partial charge is 0.573 e. The third kappa shape index (κ3) is 5.90. The van der Waals surface area contributed by atoms with Crippen LogP contribution in [0.25, 0.3) is 0 Å². The number of ether oxygens (including phenoxy) is 1. The molecule has 0 atom stereocenters. The predicted molar refractivity (Wildman–Crippen MR) is 95.4 cm³/mol. The number of benzene rings is 1. The molecule has 1 aromatic carbocycles. The highest BCUT2D eigenvalue weighted by Gasteiger charge is 2.31. The van der Waals surface area contributed by atoms with Crippen molar-refractivity contribution in [3.05, 3.63) is 46.8 Å². The number of para-hydroxylation sites is 1.